The Balaban J connectivity index is 1.85. The van der Waals surface area contributed by atoms with Crippen LogP contribution in [-0.4, -0.2) is 35.1 Å². The van der Waals surface area contributed by atoms with Gasteiger partial charge in [-0.1, -0.05) is 13.8 Å². The number of rotatable bonds is 3. The Hall–Kier alpha value is -2.12. The van der Waals surface area contributed by atoms with E-state index in [-0.39, 0.29) is 11.7 Å². The maximum absolute atomic E-state index is 12.9. The Kier molecular flexibility index (Phi) is 3.62. The molecule has 8 heteroatoms. The topological polar surface area (TPSA) is 108 Å². The zero-order valence-corrected chi connectivity index (χ0v) is 14.1. The lowest BCUT2D eigenvalue weighted by Gasteiger charge is -2.36. The summed E-state index contributed by atoms with van der Waals surface area (Å²) in [6, 6.07) is 0. The van der Waals surface area contributed by atoms with E-state index in [0.29, 0.717) is 25.8 Å². The summed E-state index contributed by atoms with van der Waals surface area (Å²) < 4.78 is 11.1. The highest BCUT2D eigenvalue weighted by molar-refractivity contribution is 5.93. The van der Waals surface area contributed by atoms with E-state index < -0.39 is 33.4 Å². The summed E-state index contributed by atoms with van der Waals surface area (Å²) in [5.74, 6) is -0.983. The van der Waals surface area contributed by atoms with E-state index in [1.165, 1.54) is 0 Å². The van der Waals surface area contributed by atoms with Crippen molar-refractivity contribution >= 4 is 11.9 Å². The van der Waals surface area contributed by atoms with Gasteiger partial charge in [0.1, 0.15) is 11.8 Å². The molecular weight excluding hydrogens is 316 g/mol. The fourth-order valence-electron chi connectivity index (χ4n) is 4.08. The van der Waals surface area contributed by atoms with Crippen molar-refractivity contribution in [1.82, 2.24) is 5.32 Å². The molecule has 0 aromatic rings. The zero-order valence-electron chi connectivity index (χ0n) is 14.1. The van der Waals surface area contributed by atoms with Crippen molar-refractivity contribution in [3.05, 3.63) is 22.0 Å². The summed E-state index contributed by atoms with van der Waals surface area (Å²) in [6.07, 6.45) is 2.33. The predicted molar refractivity (Wildman–Crippen MR) is 82.1 cm³/mol. The smallest absolute Gasteiger partial charge is 0.351 e. The summed E-state index contributed by atoms with van der Waals surface area (Å²) in [5.41, 5.74) is -2.44. The summed E-state index contributed by atoms with van der Waals surface area (Å²) in [4.78, 5) is 35.3. The van der Waals surface area contributed by atoms with Gasteiger partial charge in [0, 0.05) is 12.0 Å². The highest BCUT2D eigenvalue weighted by Crippen LogP contribution is 2.65. The Morgan fingerprint density at radius 2 is 2.12 bits per heavy atom. The molecule has 0 aromatic heterocycles. The van der Waals surface area contributed by atoms with Gasteiger partial charge in [0.2, 0.25) is 5.60 Å². The van der Waals surface area contributed by atoms with Crippen LogP contribution in [0.5, 0.6) is 0 Å². The number of nitrogens with zero attached hydrogens (tertiary/aromatic N) is 1. The first kappa shape index (κ1) is 16.7. The van der Waals surface area contributed by atoms with Crippen molar-refractivity contribution in [1.29, 1.82) is 0 Å². The third kappa shape index (κ3) is 2.04. The van der Waals surface area contributed by atoms with E-state index in [2.05, 4.69) is 5.32 Å². The lowest BCUT2D eigenvalue weighted by Crippen LogP contribution is -2.50. The third-order valence-corrected chi connectivity index (χ3v) is 6.23. The molecule has 0 aromatic carbocycles. The molecule has 2 saturated heterocycles. The van der Waals surface area contributed by atoms with Gasteiger partial charge in [-0.2, -0.15) is 0 Å². The third-order valence-electron chi connectivity index (χ3n) is 6.23. The number of nitrogens with one attached hydrogen (secondary N) is 1. The highest BCUT2D eigenvalue weighted by atomic mass is 16.6. The molecule has 3 fully saturated rings. The van der Waals surface area contributed by atoms with Gasteiger partial charge in [-0.3, -0.25) is 14.9 Å². The molecule has 1 saturated carbocycles. The molecule has 2 aliphatic heterocycles. The molecule has 0 spiro atoms. The molecule has 0 amide bonds. The van der Waals surface area contributed by atoms with Gasteiger partial charge in [0.15, 0.2) is 0 Å². The number of piperidine rings is 1. The van der Waals surface area contributed by atoms with Crippen molar-refractivity contribution in [2.24, 2.45) is 10.8 Å². The quantitative estimate of drug-likeness (QED) is 0.472. The van der Waals surface area contributed by atoms with Crippen molar-refractivity contribution in [3.8, 4) is 0 Å². The molecule has 2 bridgehead atoms. The number of fused-ring (bicyclic) bond motifs is 2. The van der Waals surface area contributed by atoms with E-state index in [9.17, 15) is 19.7 Å². The van der Waals surface area contributed by atoms with Crippen LogP contribution in [0.2, 0.25) is 0 Å². The minimum atomic E-state index is -1.31. The van der Waals surface area contributed by atoms with Crippen LogP contribution in [0, 0.1) is 20.9 Å². The fraction of sp³-hybridized carbons (Fsp3) is 0.750. The van der Waals surface area contributed by atoms with E-state index in [4.69, 9.17) is 9.47 Å². The average molecular weight is 338 g/mol. The van der Waals surface area contributed by atoms with E-state index in [0.717, 1.165) is 12.6 Å². The molecule has 3 rings (SSSR count). The number of esters is 2. The lowest BCUT2D eigenvalue weighted by molar-refractivity contribution is -0.404. The number of ether oxygens (including phenoxy) is 2. The van der Waals surface area contributed by atoms with Gasteiger partial charge in [-0.05, 0) is 32.6 Å². The van der Waals surface area contributed by atoms with Gasteiger partial charge < -0.3 is 14.8 Å². The SMILES string of the molecule is CC12CCC(C(=O)OC3CCCNC3=C[N+](=O)[O-])(OC1=O)C2(C)C. The number of nitro groups is 1. The first-order chi connectivity index (χ1) is 11.1. The molecule has 1 N–H and O–H groups in total. The highest BCUT2D eigenvalue weighted by Gasteiger charge is 2.76. The maximum Gasteiger partial charge on any atom is 0.351 e. The standard InChI is InChI=1S/C16H22N2O6/c1-14(2)15(3)6-7-16(14,24-12(15)19)13(20)23-11-5-4-8-17-10(11)9-18(21)22/h9,11,17H,4-8H2,1-3H3. The number of carbonyl (C=O) groups excluding carboxylic acids is 2. The summed E-state index contributed by atoms with van der Waals surface area (Å²) in [6.45, 7) is 6.10. The molecule has 132 valence electrons. The summed E-state index contributed by atoms with van der Waals surface area (Å²) in [7, 11) is 0. The van der Waals surface area contributed by atoms with Crippen LogP contribution in [0.1, 0.15) is 46.5 Å². The molecule has 0 radical (unpaired) electrons. The van der Waals surface area contributed by atoms with Gasteiger partial charge in [0.25, 0.3) is 6.20 Å². The normalized spacial score (nSPS) is 38.5. The number of carbonyl (C=O) groups is 2. The van der Waals surface area contributed by atoms with Crippen LogP contribution in [-0.2, 0) is 19.1 Å². The molecule has 3 unspecified atom stereocenters. The lowest BCUT2D eigenvalue weighted by atomic mass is 9.66. The van der Waals surface area contributed by atoms with Gasteiger partial charge >= 0.3 is 11.9 Å². The van der Waals surface area contributed by atoms with E-state index in [1.807, 2.05) is 20.8 Å². The Labute approximate surface area is 139 Å². The van der Waals surface area contributed by atoms with Crippen molar-refractivity contribution in [2.75, 3.05) is 6.54 Å². The first-order valence-electron chi connectivity index (χ1n) is 8.18. The monoisotopic (exact) mass is 338 g/mol. The van der Waals surface area contributed by atoms with Crippen LogP contribution in [0.15, 0.2) is 11.9 Å². The zero-order chi connectivity index (χ0) is 17.8. The van der Waals surface area contributed by atoms with Crippen LogP contribution < -0.4 is 5.32 Å². The molecule has 3 atom stereocenters. The predicted octanol–water partition coefficient (Wildman–Crippen LogP) is 1.52. The second kappa shape index (κ2) is 5.19. The molecule has 8 nitrogen and oxygen atoms in total. The molecule has 3 aliphatic rings. The minimum absolute atomic E-state index is 0.277. The second-order valence-corrected chi connectivity index (χ2v) is 7.51. The molecular formula is C16H22N2O6. The number of hydrogen-bond acceptors (Lipinski definition) is 7. The van der Waals surface area contributed by atoms with Crippen LogP contribution in [0.3, 0.4) is 0 Å². The van der Waals surface area contributed by atoms with E-state index >= 15 is 0 Å². The molecule has 24 heavy (non-hydrogen) atoms. The van der Waals surface area contributed by atoms with Gasteiger partial charge in [-0.25, -0.2) is 4.79 Å². The number of hydrogen-bond donors (Lipinski definition) is 1. The maximum atomic E-state index is 12.9. The van der Waals surface area contributed by atoms with E-state index in [1.54, 1.807) is 0 Å². The minimum Gasteiger partial charge on any atom is -0.453 e. The molecule has 1 aliphatic carbocycles. The Morgan fingerprint density at radius 3 is 2.67 bits per heavy atom. The summed E-state index contributed by atoms with van der Waals surface area (Å²) in [5, 5.41) is 13.7. The van der Waals surface area contributed by atoms with Gasteiger partial charge in [0.05, 0.1) is 10.3 Å². The Morgan fingerprint density at radius 1 is 1.42 bits per heavy atom. The summed E-state index contributed by atoms with van der Waals surface area (Å²) >= 11 is 0. The first-order valence-corrected chi connectivity index (χ1v) is 8.18. The van der Waals surface area contributed by atoms with Crippen LogP contribution in [0.4, 0.5) is 0 Å². The average Bonchev–Trinajstić information content (AvgIpc) is 2.79. The van der Waals surface area contributed by atoms with Gasteiger partial charge in [-0.15, -0.1) is 0 Å². The van der Waals surface area contributed by atoms with Crippen molar-refractivity contribution in [3.63, 3.8) is 0 Å². The fourth-order valence-corrected chi connectivity index (χ4v) is 4.08. The van der Waals surface area contributed by atoms with Crippen LogP contribution >= 0.6 is 0 Å². The Bertz CT molecular complexity index is 642. The largest absolute Gasteiger partial charge is 0.453 e. The van der Waals surface area contributed by atoms with Crippen molar-refractivity contribution < 1.29 is 24.0 Å². The molecule has 2 heterocycles. The van der Waals surface area contributed by atoms with Crippen molar-refractivity contribution in [2.45, 2.75) is 58.2 Å². The second-order valence-electron chi connectivity index (χ2n) is 7.51. The van der Waals surface area contributed by atoms with Crippen LogP contribution in [0.25, 0.3) is 0 Å².